The van der Waals surface area contributed by atoms with E-state index in [-0.39, 0.29) is 0 Å². The molecule has 1 aromatic heterocycles. The van der Waals surface area contributed by atoms with Gasteiger partial charge in [0.2, 0.25) is 5.16 Å². The van der Waals surface area contributed by atoms with Crippen LogP contribution < -0.4 is 0 Å². The maximum absolute atomic E-state index is 4.13. The van der Waals surface area contributed by atoms with Crippen molar-refractivity contribution in [1.29, 1.82) is 0 Å². The molecule has 2 rings (SSSR count). The predicted molar refractivity (Wildman–Crippen MR) is 55.2 cm³/mol. The Bertz CT molecular complexity index is 281. The number of nitrogens with zero attached hydrogens (tertiary/aromatic N) is 4. The molecule has 0 N–H and O–H groups in total. The number of thioether (sulfide) groups is 1. The van der Waals surface area contributed by atoms with E-state index in [0.717, 1.165) is 5.82 Å². The van der Waals surface area contributed by atoms with Crippen molar-refractivity contribution in [2.45, 2.75) is 43.2 Å². The summed E-state index contributed by atoms with van der Waals surface area (Å²) in [6.07, 6.45) is 8.25. The van der Waals surface area contributed by atoms with E-state index in [1.54, 1.807) is 0 Å². The van der Waals surface area contributed by atoms with Crippen LogP contribution in [0.25, 0.3) is 0 Å². The molecular formula is C9H14N4S. The summed E-state index contributed by atoms with van der Waals surface area (Å²) in [5.41, 5.74) is 0. The van der Waals surface area contributed by atoms with Gasteiger partial charge in [0.05, 0.1) is 0 Å². The smallest absolute Gasteiger partial charge is 0.130 e. The minimum atomic E-state index is 0.500. The van der Waals surface area contributed by atoms with E-state index in [4.69, 9.17) is 0 Å². The monoisotopic (exact) mass is 210 g/mol. The van der Waals surface area contributed by atoms with Crippen LogP contribution in [-0.4, -0.2) is 26.7 Å². The highest BCUT2D eigenvalue weighted by Gasteiger charge is 2.18. The van der Waals surface area contributed by atoms with Crippen molar-refractivity contribution >= 4 is 11.8 Å². The van der Waals surface area contributed by atoms with Crippen LogP contribution in [0.3, 0.4) is 0 Å². The van der Waals surface area contributed by atoms with Gasteiger partial charge in [-0.2, -0.15) is 0 Å². The number of hydrogen-bond donors (Lipinski definition) is 0. The van der Waals surface area contributed by atoms with E-state index in [1.165, 1.54) is 43.9 Å². The molecule has 0 unspecified atom stereocenters. The first-order chi connectivity index (χ1) is 6.90. The topological polar surface area (TPSA) is 51.6 Å². The van der Waals surface area contributed by atoms with Gasteiger partial charge in [-0.25, -0.2) is 0 Å². The van der Waals surface area contributed by atoms with E-state index in [0.29, 0.717) is 11.1 Å². The SMILES string of the molecule is CSc1nnc(C2CCCCC2)nn1. The molecule has 0 spiro atoms. The standard InChI is InChI=1S/C9H14N4S/c1-14-9-12-10-8(11-13-9)7-5-3-2-4-6-7/h7H,2-6H2,1H3. The minimum absolute atomic E-state index is 0.500. The van der Waals surface area contributed by atoms with Crippen LogP contribution in [-0.2, 0) is 0 Å². The molecule has 1 aliphatic rings. The Labute approximate surface area is 87.9 Å². The molecule has 0 atom stereocenters. The zero-order valence-electron chi connectivity index (χ0n) is 8.31. The van der Waals surface area contributed by atoms with Crippen LogP contribution in [0.5, 0.6) is 0 Å². The molecule has 1 heterocycles. The highest BCUT2D eigenvalue weighted by molar-refractivity contribution is 7.98. The van der Waals surface area contributed by atoms with Gasteiger partial charge in [-0.3, -0.25) is 0 Å². The van der Waals surface area contributed by atoms with Gasteiger partial charge in [0.1, 0.15) is 0 Å². The minimum Gasteiger partial charge on any atom is -0.130 e. The number of rotatable bonds is 2. The Morgan fingerprint density at radius 3 is 2.21 bits per heavy atom. The Kier molecular flexibility index (Phi) is 3.29. The van der Waals surface area contributed by atoms with E-state index >= 15 is 0 Å². The molecule has 0 saturated heterocycles. The molecule has 1 aliphatic carbocycles. The lowest BCUT2D eigenvalue weighted by Crippen LogP contribution is -2.11. The van der Waals surface area contributed by atoms with Crippen molar-refractivity contribution in [3.05, 3.63) is 5.82 Å². The van der Waals surface area contributed by atoms with Crippen molar-refractivity contribution in [2.24, 2.45) is 0 Å². The Hall–Kier alpha value is -0.710. The largest absolute Gasteiger partial charge is 0.229 e. The van der Waals surface area contributed by atoms with E-state index in [2.05, 4.69) is 20.4 Å². The van der Waals surface area contributed by atoms with Crippen molar-refractivity contribution in [3.63, 3.8) is 0 Å². The zero-order chi connectivity index (χ0) is 9.80. The molecule has 14 heavy (non-hydrogen) atoms. The van der Waals surface area contributed by atoms with Gasteiger partial charge in [-0.15, -0.1) is 20.4 Å². The fourth-order valence-corrected chi connectivity index (χ4v) is 2.08. The van der Waals surface area contributed by atoms with Gasteiger partial charge in [0, 0.05) is 5.92 Å². The summed E-state index contributed by atoms with van der Waals surface area (Å²) in [4.78, 5) is 0. The highest BCUT2D eigenvalue weighted by Crippen LogP contribution is 2.29. The third-order valence-electron chi connectivity index (χ3n) is 2.63. The maximum Gasteiger partial charge on any atom is 0.229 e. The quantitative estimate of drug-likeness (QED) is 0.699. The summed E-state index contributed by atoms with van der Waals surface area (Å²) in [7, 11) is 0. The third kappa shape index (κ3) is 2.20. The average Bonchev–Trinajstić information content (AvgIpc) is 2.30. The first kappa shape index (κ1) is 9.83. The van der Waals surface area contributed by atoms with Gasteiger partial charge in [-0.05, 0) is 19.1 Å². The Balaban J connectivity index is 2.07. The van der Waals surface area contributed by atoms with E-state index < -0.39 is 0 Å². The second-order valence-corrected chi connectivity index (χ2v) is 4.35. The van der Waals surface area contributed by atoms with Crippen molar-refractivity contribution in [1.82, 2.24) is 20.4 Å². The van der Waals surface area contributed by atoms with Crippen molar-refractivity contribution in [2.75, 3.05) is 6.26 Å². The van der Waals surface area contributed by atoms with Crippen molar-refractivity contribution in [3.8, 4) is 0 Å². The van der Waals surface area contributed by atoms with E-state index in [9.17, 15) is 0 Å². The lowest BCUT2D eigenvalue weighted by atomic mass is 9.89. The average molecular weight is 210 g/mol. The van der Waals surface area contributed by atoms with Crippen LogP contribution in [0.15, 0.2) is 5.16 Å². The van der Waals surface area contributed by atoms with Crippen LogP contribution in [0.1, 0.15) is 43.8 Å². The number of hydrogen-bond acceptors (Lipinski definition) is 5. The first-order valence-corrected chi connectivity index (χ1v) is 6.24. The van der Waals surface area contributed by atoms with E-state index in [1.807, 2.05) is 6.26 Å². The second-order valence-electron chi connectivity index (χ2n) is 3.58. The molecule has 0 bridgehead atoms. The van der Waals surface area contributed by atoms with Crippen LogP contribution >= 0.6 is 11.8 Å². The van der Waals surface area contributed by atoms with Gasteiger partial charge >= 0.3 is 0 Å². The lowest BCUT2D eigenvalue weighted by molar-refractivity contribution is 0.417. The normalized spacial score (nSPS) is 18.4. The summed E-state index contributed by atoms with van der Waals surface area (Å²) in [6, 6.07) is 0. The molecule has 0 aromatic carbocycles. The van der Waals surface area contributed by atoms with Gasteiger partial charge in [0.15, 0.2) is 5.82 Å². The van der Waals surface area contributed by atoms with Crippen LogP contribution in [0.2, 0.25) is 0 Å². The summed E-state index contributed by atoms with van der Waals surface area (Å²) in [5, 5.41) is 16.9. The molecular weight excluding hydrogens is 196 g/mol. The molecule has 5 heteroatoms. The Morgan fingerprint density at radius 1 is 1.00 bits per heavy atom. The van der Waals surface area contributed by atoms with Gasteiger partial charge in [-0.1, -0.05) is 31.0 Å². The summed E-state index contributed by atoms with van der Waals surface area (Å²) in [5.74, 6) is 1.34. The van der Waals surface area contributed by atoms with Gasteiger partial charge in [0.25, 0.3) is 0 Å². The second kappa shape index (κ2) is 4.68. The fraction of sp³-hybridized carbons (Fsp3) is 0.778. The van der Waals surface area contributed by atoms with Crippen LogP contribution in [0.4, 0.5) is 0 Å². The molecule has 1 saturated carbocycles. The molecule has 0 radical (unpaired) electrons. The molecule has 1 aromatic rings. The summed E-state index contributed by atoms with van der Waals surface area (Å²) in [6.45, 7) is 0. The molecule has 0 aliphatic heterocycles. The molecule has 0 amide bonds. The summed E-state index contributed by atoms with van der Waals surface area (Å²) >= 11 is 1.48. The summed E-state index contributed by atoms with van der Waals surface area (Å²) < 4.78 is 0. The lowest BCUT2D eigenvalue weighted by Gasteiger charge is -2.18. The Morgan fingerprint density at radius 2 is 1.64 bits per heavy atom. The highest BCUT2D eigenvalue weighted by atomic mass is 32.2. The van der Waals surface area contributed by atoms with Crippen LogP contribution in [0, 0.1) is 0 Å². The van der Waals surface area contributed by atoms with Gasteiger partial charge < -0.3 is 0 Å². The fourth-order valence-electron chi connectivity index (χ4n) is 1.83. The number of aromatic nitrogens is 4. The third-order valence-corrected chi connectivity index (χ3v) is 3.16. The zero-order valence-corrected chi connectivity index (χ0v) is 9.13. The predicted octanol–water partition coefficient (Wildman–Crippen LogP) is 2.04. The molecule has 4 nitrogen and oxygen atoms in total. The maximum atomic E-state index is 4.13. The first-order valence-electron chi connectivity index (χ1n) is 5.01. The van der Waals surface area contributed by atoms with Crippen molar-refractivity contribution < 1.29 is 0 Å². The molecule has 1 fully saturated rings. The molecule has 76 valence electrons.